The van der Waals surface area contributed by atoms with Crippen LogP contribution in [0.1, 0.15) is 12.5 Å². The van der Waals surface area contributed by atoms with Crippen molar-refractivity contribution in [2.45, 2.75) is 19.6 Å². The van der Waals surface area contributed by atoms with Crippen LogP contribution in [0.25, 0.3) is 11.0 Å². The molecule has 1 fully saturated rings. The molecule has 0 amide bonds. The number of hydrogen-bond donors (Lipinski definition) is 1. The van der Waals surface area contributed by atoms with Crippen molar-refractivity contribution < 1.29 is 9.15 Å². The van der Waals surface area contributed by atoms with Gasteiger partial charge in [0, 0.05) is 37.1 Å². The minimum Gasteiger partial charge on any atom is -0.464 e. The molecule has 0 bridgehead atoms. The first kappa shape index (κ1) is 13.6. The fourth-order valence-electron chi connectivity index (χ4n) is 2.73. The van der Waals surface area contributed by atoms with Gasteiger partial charge < -0.3 is 14.5 Å². The molecule has 2 heterocycles. The largest absolute Gasteiger partial charge is 0.464 e. The van der Waals surface area contributed by atoms with Gasteiger partial charge >= 0.3 is 0 Å². The monoisotopic (exact) mass is 274 g/mol. The highest BCUT2D eigenvalue weighted by atomic mass is 16.5. The van der Waals surface area contributed by atoms with Gasteiger partial charge in [-0.2, -0.15) is 0 Å². The Kier molecular flexibility index (Phi) is 4.35. The van der Waals surface area contributed by atoms with Crippen molar-refractivity contribution in [3.05, 3.63) is 36.1 Å². The first-order valence-electron chi connectivity index (χ1n) is 7.36. The Hall–Kier alpha value is -1.36. The van der Waals surface area contributed by atoms with E-state index in [1.807, 2.05) is 24.5 Å². The lowest BCUT2D eigenvalue weighted by atomic mass is 10.2. The second-order valence-corrected chi connectivity index (χ2v) is 5.27. The van der Waals surface area contributed by atoms with Gasteiger partial charge in [-0.15, -0.1) is 0 Å². The lowest BCUT2D eigenvalue weighted by molar-refractivity contribution is -0.0253. The van der Waals surface area contributed by atoms with Crippen LogP contribution in [0.3, 0.4) is 0 Å². The SMILES string of the molecule is CCN1CCOC(CNCc2coc3ccccc23)C1. The number of hydrogen-bond acceptors (Lipinski definition) is 4. The Bertz CT molecular complexity index is 552. The summed E-state index contributed by atoms with van der Waals surface area (Å²) in [6.07, 6.45) is 2.14. The molecule has 4 heteroatoms. The lowest BCUT2D eigenvalue weighted by Crippen LogP contribution is -2.46. The summed E-state index contributed by atoms with van der Waals surface area (Å²) in [5.41, 5.74) is 2.17. The zero-order valence-electron chi connectivity index (χ0n) is 12.0. The van der Waals surface area contributed by atoms with Crippen LogP contribution in [0.15, 0.2) is 34.9 Å². The van der Waals surface area contributed by atoms with Gasteiger partial charge in [0.25, 0.3) is 0 Å². The number of para-hydroxylation sites is 1. The molecule has 1 aromatic heterocycles. The standard InChI is InChI=1S/C16H22N2O2/c1-2-18-7-8-19-14(11-18)10-17-9-13-12-20-16-6-4-3-5-15(13)16/h3-6,12,14,17H,2,7-11H2,1H3. The van der Waals surface area contributed by atoms with Crippen LogP contribution in [0.4, 0.5) is 0 Å². The molecule has 1 atom stereocenters. The molecule has 1 aliphatic heterocycles. The number of nitrogens with one attached hydrogen (secondary N) is 1. The summed E-state index contributed by atoms with van der Waals surface area (Å²) >= 11 is 0. The van der Waals surface area contributed by atoms with Crippen LogP contribution in [-0.4, -0.2) is 43.8 Å². The molecule has 0 radical (unpaired) electrons. The number of benzene rings is 1. The van der Waals surface area contributed by atoms with E-state index >= 15 is 0 Å². The van der Waals surface area contributed by atoms with Gasteiger partial charge in [-0.1, -0.05) is 25.1 Å². The average Bonchev–Trinajstić information content (AvgIpc) is 2.91. The normalized spacial score (nSPS) is 20.6. The zero-order valence-corrected chi connectivity index (χ0v) is 12.0. The summed E-state index contributed by atoms with van der Waals surface area (Å²) in [6, 6.07) is 8.15. The molecule has 3 rings (SSSR count). The first-order chi connectivity index (χ1) is 9.86. The third kappa shape index (κ3) is 3.03. The molecule has 108 valence electrons. The number of nitrogens with zero attached hydrogens (tertiary/aromatic N) is 1. The summed E-state index contributed by atoms with van der Waals surface area (Å²) in [4.78, 5) is 2.43. The zero-order chi connectivity index (χ0) is 13.8. The molecule has 0 saturated carbocycles. The second kappa shape index (κ2) is 6.39. The number of ether oxygens (including phenoxy) is 1. The topological polar surface area (TPSA) is 37.6 Å². The van der Waals surface area contributed by atoms with Gasteiger partial charge in [-0.3, -0.25) is 4.90 Å². The molecule has 0 aliphatic carbocycles. The number of furan rings is 1. The minimum absolute atomic E-state index is 0.293. The first-order valence-corrected chi connectivity index (χ1v) is 7.36. The van der Waals surface area contributed by atoms with E-state index in [4.69, 9.17) is 9.15 Å². The van der Waals surface area contributed by atoms with Gasteiger partial charge in [0.15, 0.2) is 0 Å². The molecule has 4 nitrogen and oxygen atoms in total. The molecule has 1 unspecified atom stereocenters. The predicted octanol–water partition coefficient (Wildman–Crippen LogP) is 2.24. The smallest absolute Gasteiger partial charge is 0.134 e. The van der Waals surface area contributed by atoms with Crippen LogP contribution >= 0.6 is 0 Å². The molecule has 1 aromatic carbocycles. The Morgan fingerprint density at radius 1 is 1.35 bits per heavy atom. The van der Waals surface area contributed by atoms with Crippen molar-refractivity contribution >= 4 is 11.0 Å². The average molecular weight is 274 g/mol. The third-order valence-electron chi connectivity index (χ3n) is 3.92. The van der Waals surface area contributed by atoms with Crippen LogP contribution in [0.2, 0.25) is 0 Å². The van der Waals surface area contributed by atoms with Gasteiger partial charge in [-0.05, 0) is 12.6 Å². The van der Waals surface area contributed by atoms with E-state index in [1.54, 1.807) is 0 Å². The van der Waals surface area contributed by atoms with Gasteiger partial charge in [0.05, 0.1) is 19.0 Å². The molecule has 1 aliphatic rings. The van der Waals surface area contributed by atoms with Crippen molar-refractivity contribution in [2.24, 2.45) is 0 Å². The maximum absolute atomic E-state index is 5.79. The fraction of sp³-hybridized carbons (Fsp3) is 0.500. The highest BCUT2D eigenvalue weighted by molar-refractivity contribution is 5.80. The van der Waals surface area contributed by atoms with Crippen molar-refractivity contribution in [3.63, 3.8) is 0 Å². The summed E-state index contributed by atoms with van der Waals surface area (Å²) < 4.78 is 11.3. The predicted molar refractivity (Wildman–Crippen MR) is 79.8 cm³/mol. The maximum atomic E-state index is 5.79. The number of likely N-dealkylation sites (N-methyl/N-ethyl adjacent to an activating group) is 1. The lowest BCUT2D eigenvalue weighted by Gasteiger charge is -2.32. The molecule has 1 saturated heterocycles. The molecule has 20 heavy (non-hydrogen) atoms. The molecular formula is C16H22N2O2. The van der Waals surface area contributed by atoms with Gasteiger partial charge in [0.2, 0.25) is 0 Å². The molecular weight excluding hydrogens is 252 g/mol. The number of fused-ring (bicyclic) bond motifs is 1. The van der Waals surface area contributed by atoms with Crippen LogP contribution < -0.4 is 5.32 Å². The van der Waals surface area contributed by atoms with E-state index in [0.29, 0.717) is 6.10 Å². The van der Waals surface area contributed by atoms with Crippen LogP contribution in [0, 0.1) is 0 Å². The van der Waals surface area contributed by atoms with Crippen molar-refractivity contribution in [1.82, 2.24) is 10.2 Å². The van der Waals surface area contributed by atoms with Gasteiger partial charge in [-0.25, -0.2) is 0 Å². The maximum Gasteiger partial charge on any atom is 0.134 e. The van der Waals surface area contributed by atoms with E-state index in [-0.39, 0.29) is 0 Å². The Labute approximate surface area is 119 Å². The summed E-state index contributed by atoms with van der Waals surface area (Å²) in [5.74, 6) is 0. The van der Waals surface area contributed by atoms with E-state index < -0.39 is 0 Å². The Balaban J connectivity index is 1.52. The quantitative estimate of drug-likeness (QED) is 0.907. The van der Waals surface area contributed by atoms with E-state index in [0.717, 1.165) is 44.9 Å². The van der Waals surface area contributed by atoms with E-state index in [1.165, 1.54) is 10.9 Å². The Morgan fingerprint density at radius 2 is 2.25 bits per heavy atom. The molecule has 2 aromatic rings. The fourth-order valence-corrected chi connectivity index (χ4v) is 2.73. The third-order valence-corrected chi connectivity index (χ3v) is 3.92. The van der Waals surface area contributed by atoms with E-state index in [2.05, 4.69) is 23.2 Å². The minimum atomic E-state index is 0.293. The second-order valence-electron chi connectivity index (χ2n) is 5.27. The number of morpholine rings is 1. The summed E-state index contributed by atoms with van der Waals surface area (Å²) in [6.45, 7) is 7.93. The molecule has 0 spiro atoms. The molecule has 1 N–H and O–H groups in total. The van der Waals surface area contributed by atoms with E-state index in [9.17, 15) is 0 Å². The number of rotatable bonds is 5. The highest BCUT2D eigenvalue weighted by Crippen LogP contribution is 2.20. The van der Waals surface area contributed by atoms with Crippen molar-refractivity contribution in [1.29, 1.82) is 0 Å². The van der Waals surface area contributed by atoms with Crippen molar-refractivity contribution in [2.75, 3.05) is 32.8 Å². The Morgan fingerprint density at radius 3 is 3.15 bits per heavy atom. The highest BCUT2D eigenvalue weighted by Gasteiger charge is 2.18. The van der Waals surface area contributed by atoms with Gasteiger partial charge in [0.1, 0.15) is 5.58 Å². The van der Waals surface area contributed by atoms with Crippen LogP contribution in [-0.2, 0) is 11.3 Å². The summed E-state index contributed by atoms with van der Waals surface area (Å²) in [5, 5.41) is 4.68. The van der Waals surface area contributed by atoms with Crippen LogP contribution in [0.5, 0.6) is 0 Å². The van der Waals surface area contributed by atoms with Crippen molar-refractivity contribution in [3.8, 4) is 0 Å². The summed E-state index contributed by atoms with van der Waals surface area (Å²) in [7, 11) is 0.